The lowest BCUT2D eigenvalue weighted by atomic mass is 10.0. The number of rotatable bonds is 5. The first kappa shape index (κ1) is 17.9. The minimum Gasteiger partial charge on any atom is -0.464 e. The minimum absolute atomic E-state index is 0.263. The Morgan fingerprint density at radius 3 is 2.67 bits per heavy atom. The maximum Gasteiger partial charge on any atom is 0.356 e. The van der Waals surface area contributed by atoms with Crippen molar-refractivity contribution in [3.05, 3.63) is 46.8 Å². The normalized spacial score (nSPS) is 12.3. The molecular weight excluding hydrogens is 306 g/mol. The topological polar surface area (TPSA) is 77.2 Å². The van der Waals surface area contributed by atoms with Crippen LogP contribution < -0.4 is 0 Å². The van der Waals surface area contributed by atoms with Crippen LogP contribution in [0.15, 0.2) is 24.4 Å². The molecule has 0 amide bonds. The van der Waals surface area contributed by atoms with E-state index in [4.69, 9.17) is 4.74 Å². The van der Waals surface area contributed by atoms with Crippen molar-refractivity contribution in [2.75, 3.05) is 7.11 Å². The standard InChI is InChI=1S/C18H23N3O3/c1-12-6-7-14(13(2)8-12)9-16(17(22)24-5)21-11-15(19-20-21)10-18(3,4)23/h6-9,11,23H,10H2,1-5H3/b16-9-. The summed E-state index contributed by atoms with van der Waals surface area (Å²) in [6, 6.07) is 5.97. The Kier molecular flexibility index (Phi) is 5.19. The van der Waals surface area contributed by atoms with E-state index in [0.717, 1.165) is 16.7 Å². The molecule has 6 heteroatoms. The van der Waals surface area contributed by atoms with E-state index in [9.17, 15) is 9.90 Å². The monoisotopic (exact) mass is 329 g/mol. The van der Waals surface area contributed by atoms with Gasteiger partial charge in [0, 0.05) is 6.42 Å². The van der Waals surface area contributed by atoms with Crippen LogP contribution >= 0.6 is 0 Å². The van der Waals surface area contributed by atoms with Crippen LogP contribution in [0, 0.1) is 13.8 Å². The molecule has 128 valence electrons. The Bertz CT molecular complexity index is 770. The minimum atomic E-state index is -0.899. The van der Waals surface area contributed by atoms with Crippen molar-refractivity contribution >= 4 is 17.7 Å². The number of aliphatic hydroxyl groups is 1. The summed E-state index contributed by atoms with van der Waals surface area (Å²) in [4.78, 5) is 12.2. The molecule has 1 N–H and O–H groups in total. The highest BCUT2D eigenvalue weighted by Gasteiger charge is 2.19. The number of carbonyl (C=O) groups excluding carboxylic acids is 1. The first-order valence-electron chi connectivity index (χ1n) is 7.71. The van der Waals surface area contributed by atoms with Gasteiger partial charge in [-0.2, -0.15) is 0 Å². The molecule has 0 fully saturated rings. The van der Waals surface area contributed by atoms with Crippen molar-refractivity contribution in [1.82, 2.24) is 15.0 Å². The fourth-order valence-electron chi connectivity index (χ4n) is 2.40. The highest BCUT2D eigenvalue weighted by molar-refractivity contribution is 6.15. The lowest BCUT2D eigenvalue weighted by Crippen LogP contribution is -2.22. The second-order valence-corrected chi connectivity index (χ2v) is 6.52. The number of benzene rings is 1. The van der Waals surface area contributed by atoms with Gasteiger partial charge < -0.3 is 9.84 Å². The Labute approximate surface area is 141 Å². The number of esters is 1. The SMILES string of the molecule is COC(=O)/C(=C/c1ccc(C)cc1C)n1cc(CC(C)(C)O)nn1. The Hall–Kier alpha value is -2.47. The van der Waals surface area contributed by atoms with Crippen LogP contribution in [0.25, 0.3) is 11.8 Å². The molecule has 0 radical (unpaired) electrons. The van der Waals surface area contributed by atoms with Crippen molar-refractivity contribution in [1.29, 1.82) is 0 Å². The first-order chi connectivity index (χ1) is 11.2. The van der Waals surface area contributed by atoms with Gasteiger partial charge in [-0.25, -0.2) is 9.48 Å². The molecule has 1 aromatic carbocycles. The van der Waals surface area contributed by atoms with Crippen molar-refractivity contribution in [2.45, 2.75) is 39.7 Å². The lowest BCUT2D eigenvalue weighted by Gasteiger charge is -2.14. The molecule has 24 heavy (non-hydrogen) atoms. The molecule has 0 spiro atoms. The Balaban J connectivity index is 2.42. The van der Waals surface area contributed by atoms with E-state index in [1.807, 2.05) is 32.0 Å². The summed E-state index contributed by atoms with van der Waals surface area (Å²) in [5.41, 5.74) is 3.06. The van der Waals surface area contributed by atoms with E-state index in [2.05, 4.69) is 10.3 Å². The zero-order valence-corrected chi connectivity index (χ0v) is 14.7. The van der Waals surface area contributed by atoms with Crippen LogP contribution in [-0.2, 0) is 16.0 Å². The van der Waals surface area contributed by atoms with Crippen LogP contribution in [0.5, 0.6) is 0 Å². The lowest BCUT2D eigenvalue weighted by molar-refractivity contribution is -0.134. The van der Waals surface area contributed by atoms with Gasteiger partial charge in [-0.15, -0.1) is 5.10 Å². The highest BCUT2D eigenvalue weighted by atomic mass is 16.5. The molecule has 1 heterocycles. The van der Waals surface area contributed by atoms with Crippen molar-refractivity contribution in [3.63, 3.8) is 0 Å². The molecule has 0 saturated carbocycles. The summed E-state index contributed by atoms with van der Waals surface area (Å²) in [6.45, 7) is 7.38. The van der Waals surface area contributed by atoms with Crippen molar-refractivity contribution < 1.29 is 14.6 Å². The summed E-state index contributed by atoms with van der Waals surface area (Å²) >= 11 is 0. The number of hydrogen-bond acceptors (Lipinski definition) is 5. The summed E-state index contributed by atoms with van der Waals surface area (Å²) in [5.74, 6) is -0.505. The zero-order chi connectivity index (χ0) is 17.9. The molecule has 0 aliphatic rings. The van der Waals surface area contributed by atoms with Crippen LogP contribution in [-0.4, -0.2) is 38.8 Å². The van der Waals surface area contributed by atoms with E-state index < -0.39 is 11.6 Å². The fourth-order valence-corrected chi connectivity index (χ4v) is 2.40. The third-order valence-corrected chi connectivity index (χ3v) is 3.51. The van der Waals surface area contributed by atoms with Crippen LogP contribution in [0.2, 0.25) is 0 Å². The van der Waals surface area contributed by atoms with Crippen molar-refractivity contribution in [2.24, 2.45) is 0 Å². The third-order valence-electron chi connectivity index (χ3n) is 3.51. The van der Waals surface area contributed by atoms with Gasteiger partial charge in [-0.1, -0.05) is 29.0 Å². The summed E-state index contributed by atoms with van der Waals surface area (Å²) < 4.78 is 6.25. The highest BCUT2D eigenvalue weighted by Crippen LogP contribution is 2.18. The maximum absolute atomic E-state index is 12.2. The van der Waals surface area contributed by atoms with Gasteiger partial charge >= 0.3 is 5.97 Å². The number of methoxy groups -OCH3 is 1. The molecule has 0 bridgehead atoms. The van der Waals surface area contributed by atoms with E-state index >= 15 is 0 Å². The van der Waals surface area contributed by atoms with E-state index in [1.165, 1.54) is 11.8 Å². The summed E-state index contributed by atoms with van der Waals surface area (Å²) in [5, 5.41) is 17.9. The average Bonchev–Trinajstić information content (AvgIpc) is 2.91. The molecular formula is C18H23N3O3. The van der Waals surface area contributed by atoms with Gasteiger partial charge in [0.15, 0.2) is 5.70 Å². The molecule has 6 nitrogen and oxygen atoms in total. The molecule has 2 rings (SSSR count). The smallest absolute Gasteiger partial charge is 0.356 e. The van der Waals surface area contributed by atoms with Gasteiger partial charge in [0.2, 0.25) is 0 Å². The molecule has 0 aliphatic heterocycles. The van der Waals surface area contributed by atoms with Gasteiger partial charge in [-0.05, 0) is 44.9 Å². The second kappa shape index (κ2) is 6.97. The predicted molar refractivity (Wildman–Crippen MR) is 92.1 cm³/mol. The number of nitrogens with zero attached hydrogens (tertiary/aromatic N) is 3. The van der Waals surface area contributed by atoms with E-state index in [1.54, 1.807) is 26.1 Å². The average molecular weight is 329 g/mol. The number of aryl methyl sites for hydroxylation is 2. The van der Waals surface area contributed by atoms with Crippen LogP contribution in [0.4, 0.5) is 0 Å². The zero-order valence-electron chi connectivity index (χ0n) is 14.7. The quantitative estimate of drug-likeness (QED) is 0.673. The van der Waals surface area contributed by atoms with E-state index in [-0.39, 0.29) is 5.70 Å². The number of hydrogen-bond donors (Lipinski definition) is 1. The van der Waals surface area contributed by atoms with Gasteiger partial charge in [0.25, 0.3) is 0 Å². The first-order valence-corrected chi connectivity index (χ1v) is 7.71. The summed E-state index contributed by atoms with van der Waals surface area (Å²) in [6.07, 6.45) is 3.69. The van der Waals surface area contributed by atoms with Crippen LogP contribution in [0.1, 0.15) is 36.2 Å². The predicted octanol–water partition coefficient (Wildman–Crippen LogP) is 2.38. The Morgan fingerprint density at radius 1 is 1.38 bits per heavy atom. The van der Waals surface area contributed by atoms with Gasteiger partial charge in [0.1, 0.15) is 0 Å². The fraction of sp³-hybridized carbons (Fsp3) is 0.389. The number of aromatic nitrogens is 3. The van der Waals surface area contributed by atoms with Gasteiger partial charge in [-0.3, -0.25) is 0 Å². The number of ether oxygens (including phenoxy) is 1. The largest absolute Gasteiger partial charge is 0.464 e. The Morgan fingerprint density at radius 2 is 2.08 bits per heavy atom. The van der Waals surface area contributed by atoms with Crippen molar-refractivity contribution in [3.8, 4) is 0 Å². The maximum atomic E-state index is 12.2. The molecule has 0 atom stereocenters. The molecule has 1 aromatic heterocycles. The molecule has 2 aromatic rings. The molecule has 0 saturated heterocycles. The molecule has 0 unspecified atom stereocenters. The molecule has 0 aliphatic carbocycles. The number of carbonyl (C=O) groups is 1. The van der Waals surface area contributed by atoms with Gasteiger partial charge in [0.05, 0.1) is 24.6 Å². The van der Waals surface area contributed by atoms with Crippen LogP contribution in [0.3, 0.4) is 0 Å². The second-order valence-electron chi connectivity index (χ2n) is 6.52. The summed E-state index contributed by atoms with van der Waals surface area (Å²) in [7, 11) is 1.33. The third kappa shape index (κ3) is 4.52. The van der Waals surface area contributed by atoms with E-state index in [0.29, 0.717) is 12.1 Å².